The molecule has 6 heteroatoms. The van der Waals surface area contributed by atoms with Crippen molar-refractivity contribution in [3.63, 3.8) is 0 Å². The summed E-state index contributed by atoms with van der Waals surface area (Å²) in [5, 5.41) is 13.5. The molecule has 0 aromatic heterocycles. The van der Waals surface area contributed by atoms with Gasteiger partial charge < -0.3 is 10.1 Å². The fraction of sp³-hybridized carbons (Fsp3) is 0.235. The first-order chi connectivity index (χ1) is 10.9. The molecule has 2 aromatic carbocycles. The van der Waals surface area contributed by atoms with Crippen LogP contribution in [0.15, 0.2) is 42.5 Å². The Morgan fingerprint density at radius 1 is 1.22 bits per heavy atom. The zero-order chi connectivity index (χ0) is 17.0. The van der Waals surface area contributed by atoms with Crippen LogP contribution in [0.1, 0.15) is 18.1 Å². The molecule has 23 heavy (non-hydrogen) atoms. The third-order valence-electron chi connectivity index (χ3n) is 3.36. The predicted molar refractivity (Wildman–Crippen MR) is 87.7 cm³/mol. The standard InChI is InChI=1S/C17H18N2O4/c1-11-5-4-6-15(9-11)23-13(3)17(20)18-16-10-14(19(21)22)8-7-12(16)2/h4-10,13H,1-3H3,(H,18,20). The van der Waals surface area contributed by atoms with Gasteiger partial charge in [-0.25, -0.2) is 0 Å². The molecule has 0 heterocycles. The number of aryl methyl sites for hydroxylation is 2. The minimum Gasteiger partial charge on any atom is -0.481 e. The third-order valence-corrected chi connectivity index (χ3v) is 3.36. The van der Waals surface area contributed by atoms with Crippen molar-refractivity contribution in [2.24, 2.45) is 0 Å². The molecule has 2 rings (SSSR count). The predicted octanol–water partition coefficient (Wildman–Crippen LogP) is 3.62. The molecule has 0 aliphatic carbocycles. The molecule has 1 amide bonds. The number of hydrogen-bond donors (Lipinski definition) is 1. The third kappa shape index (κ3) is 4.29. The average molecular weight is 314 g/mol. The topological polar surface area (TPSA) is 81.5 Å². The summed E-state index contributed by atoms with van der Waals surface area (Å²) in [5.41, 5.74) is 2.11. The molecule has 120 valence electrons. The monoisotopic (exact) mass is 314 g/mol. The van der Waals surface area contributed by atoms with E-state index in [0.717, 1.165) is 11.1 Å². The van der Waals surface area contributed by atoms with Gasteiger partial charge in [0.15, 0.2) is 6.10 Å². The summed E-state index contributed by atoms with van der Waals surface area (Å²) in [5.74, 6) is 0.235. The van der Waals surface area contributed by atoms with Crippen LogP contribution in [0.25, 0.3) is 0 Å². The van der Waals surface area contributed by atoms with E-state index in [4.69, 9.17) is 4.74 Å². The second-order valence-electron chi connectivity index (χ2n) is 5.32. The van der Waals surface area contributed by atoms with Crippen molar-refractivity contribution in [1.29, 1.82) is 0 Å². The number of carbonyl (C=O) groups excluding carboxylic acids is 1. The highest BCUT2D eigenvalue weighted by Gasteiger charge is 2.17. The van der Waals surface area contributed by atoms with Gasteiger partial charge in [-0.15, -0.1) is 0 Å². The van der Waals surface area contributed by atoms with Crippen LogP contribution >= 0.6 is 0 Å². The van der Waals surface area contributed by atoms with Crippen LogP contribution in [0, 0.1) is 24.0 Å². The molecule has 0 bridgehead atoms. The lowest BCUT2D eigenvalue weighted by Crippen LogP contribution is -2.30. The lowest BCUT2D eigenvalue weighted by atomic mass is 10.1. The Bertz CT molecular complexity index is 743. The maximum Gasteiger partial charge on any atom is 0.271 e. The average Bonchev–Trinajstić information content (AvgIpc) is 2.49. The van der Waals surface area contributed by atoms with Crippen molar-refractivity contribution in [1.82, 2.24) is 0 Å². The Morgan fingerprint density at radius 3 is 2.61 bits per heavy atom. The molecule has 2 aromatic rings. The van der Waals surface area contributed by atoms with Crippen molar-refractivity contribution in [2.45, 2.75) is 26.9 Å². The highest BCUT2D eigenvalue weighted by molar-refractivity contribution is 5.95. The Balaban J connectivity index is 2.09. The minimum atomic E-state index is -0.726. The summed E-state index contributed by atoms with van der Waals surface area (Å²) >= 11 is 0. The van der Waals surface area contributed by atoms with E-state index in [2.05, 4.69) is 5.32 Å². The van der Waals surface area contributed by atoms with Crippen molar-refractivity contribution in [3.05, 3.63) is 63.7 Å². The molecule has 0 fully saturated rings. The molecule has 1 N–H and O–H groups in total. The van der Waals surface area contributed by atoms with Gasteiger partial charge in [0.25, 0.3) is 11.6 Å². The summed E-state index contributed by atoms with van der Waals surface area (Å²) in [4.78, 5) is 22.6. The molecule has 0 spiro atoms. The van der Waals surface area contributed by atoms with Crippen LogP contribution in [-0.4, -0.2) is 16.9 Å². The number of hydrogen-bond acceptors (Lipinski definition) is 4. The van der Waals surface area contributed by atoms with E-state index in [1.165, 1.54) is 12.1 Å². The number of carbonyl (C=O) groups is 1. The van der Waals surface area contributed by atoms with Gasteiger partial charge in [-0.2, -0.15) is 0 Å². The molecular weight excluding hydrogens is 296 g/mol. The first-order valence-electron chi connectivity index (χ1n) is 7.16. The maximum absolute atomic E-state index is 12.2. The van der Waals surface area contributed by atoms with Crippen molar-refractivity contribution in [3.8, 4) is 5.75 Å². The number of nitrogens with one attached hydrogen (secondary N) is 1. The van der Waals surface area contributed by atoms with Gasteiger partial charge in [0.05, 0.1) is 10.6 Å². The highest BCUT2D eigenvalue weighted by atomic mass is 16.6. The van der Waals surface area contributed by atoms with Crippen LogP contribution in [0.2, 0.25) is 0 Å². The number of benzene rings is 2. The zero-order valence-corrected chi connectivity index (χ0v) is 13.2. The SMILES string of the molecule is Cc1cccc(OC(C)C(=O)Nc2cc([N+](=O)[O-])ccc2C)c1. The lowest BCUT2D eigenvalue weighted by molar-refractivity contribution is -0.384. The Hall–Kier alpha value is -2.89. The fourth-order valence-corrected chi connectivity index (χ4v) is 2.04. The van der Waals surface area contributed by atoms with E-state index in [1.54, 1.807) is 26.0 Å². The van der Waals surface area contributed by atoms with Gasteiger partial charge in [0.2, 0.25) is 0 Å². The normalized spacial score (nSPS) is 11.6. The first-order valence-corrected chi connectivity index (χ1v) is 7.16. The lowest BCUT2D eigenvalue weighted by Gasteiger charge is -2.16. The Labute approximate surface area is 134 Å². The summed E-state index contributed by atoms with van der Waals surface area (Å²) < 4.78 is 5.60. The molecule has 0 saturated heterocycles. The van der Waals surface area contributed by atoms with E-state index in [9.17, 15) is 14.9 Å². The summed E-state index contributed by atoms with van der Waals surface area (Å²) in [6, 6.07) is 11.7. The summed E-state index contributed by atoms with van der Waals surface area (Å²) in [7, 11) is 0. The Morgan fingerprint density at radius 2 is 1.96 bits per heavy atom. The first kappa shape index (κ1) is 16.5. The van der Waals surface area contributed by atoms with Gasteiger partial charge in [0.1, 0.15) is 5.75 Å². The number of anilines is 1. The van der Waals surface area contributed by atoms with Crippen LogP contribution in [-0.2, 0) is 4.79 Å². The number of nitrogens with zero attached hydrogens (tertiary/aromatic N) is 1. The van der Waals surface area contributed by atoms with Crippen molar-refractivity contribution in [2.75, 3.05) is 5.32 Å². The van der Waals surface area contributed by atoms with Gasteiger partial charge in [-0.05, 0) is 44.0 Å². The molecule has 0 radical (unpaired) electrons. The molecular formula is C17H18N2O4. The fourth-order valence-electron chi connectivity index (χ4n) is 2.04. The zero-order valence-electron chi connectivity index (χ0n) is 13.2. The number of nitro groups is 1. The van der Waals surface area contributed by atoms with E-state index in [1.807, 2.05) is 25.1 Å². The van der Waals surface area contributed by atoms with Crippen LogP contribution in [0.5, 0.6) is 5.75 Å². The number of rotatable bonds is 5. The summed E-state index contributed by atoms with van der Waals surface area (Å²) in [6.45, 7) is 5.33. The molecule has 6 nitrogen and oxygen atoms in total. The second kappa shape index (κ2) is 6.91. The van der Waals surface area contributed by atoms with Gasteiger partial charge >= 0.3 is 0 Å². The van der Waals surface area contributed by atoms with Crippen LogP contribution in [0.4, 0.5) is 11.4 Å². The summed E-state index contributed by atoms with van der Waals surface area (Å²) in [6.07, 6.45) is -0.726. The van der Waals surface area contributed by atoms with Gasteiger partial charge in [0, 0.05) is 12.1 Å². The molecule has 0 saturated carbocycles. The van der Waals surface area contributed by atoms with Crippen molar-refractivity contribution < 1.29 is 14.5 Å². The van der Waals surface area contributed by atoms with E-state index in [-0.39, 0.29) is 11.6 Å². The Kier molecular flexibility index (Phi) is 4.95. The quantitative estimate of drug-likeness (QED) is 0.675. The van der Waals surface area contributed by atoms with Crippen LogP contribution < -0.4 is 10.1 Å². The van der Waals surface area contributed by atoms with E-state index >= 15 is 0 Å². The van der Waals surface area contributed by atoms with Crippen molar-refractivity contribution >= 4 is 17.3 Å². The number of ether oxygens (including phenoxy) is 1. The second-order valence-corrected chi connectivity index (χ2v) is 5.32. The largest absolute Gasteiger partial charge is 0.481 e. The number of amides is 1. The van der Waals surface area contributed by atoms with E-state index < -0.39 is 11.0 Å². The number of nitro benzene ring substituents is 1. The maximum atomic E-state index is 12.2. The van der Waals surface area contributed by atoms with Gasteiger partial charge in [-0.1, -0.05) is 18.2 Å². The number of non-ortho nitro benzene ring substituents is 1. The van der Waals surface area contributed by atoms with Gasteiger partial charge in [-0.3, -0.25) is 14.9 Å². The molecule has 0 aliphatic heterocycles. The molecule has 1 atom stereocenters. The van der Waals surface area contributed by atoms with E-state index in [0.29, 0.717) is 11.4 Å². The van der Waals surface area contributed by atoms with Crippen LogP contribution in [0.3, 0.4) is 0 Å². The smallest absolute Gasteiger partial charge is 0.271 e. The minimum absolute atomic E-state index is 0.0712. The molecule has 0 aliphatic rings. The highest BCUT2D eigenvalue weighted by Crippen LogP contribution is 2.22. The molecule has 1 unspecified atom stereocenters.